The molecule has 0 aliphatic rings. The predicted octanol–water partition coefficient (Wildman–Crippen LogP) is 2.97. The Morgan fingerprint density at radius 3 is 2.47 bits per heavy atom. The Morgan fingerprint density at radius 2 is 1.94 bits per heavy atom. The van der Waals surface area contributed by atoms with Crippen LogP contribution in [-0.2, 0) is 4.79 Å². The first-order valence-corrected chi connectivity index (χ1v) is 5.32. The van der Waals surface area contributed by atoms with Crippen molar-refractivity contribution in [3.63, 3.8) is 0 Å². The van der Waals surface area contributed by atoms with Crippen LogP contribution >= 0.6 is 0 Å². The molecule has 0 aliphatic carbocycles. The molecule has 0 aliphatic heterocycles. The average Bonchev–Trinajstić information content (AvgIpc) is 2.39. The maximum atomic E-state index is 10.4. The minimum Gasteiger partial charge on any atom is -0.301 e. The molecule has 1 aromatic rings. The molecule has 2 heteroatoms. The highest BCUT2D eigenvalue weighted by Crippen LogP contribution is 2.11. The van der Waals surface area contributed by atoms with Crippen molar-refractivity contribution in [1.82, 2.24) is 0 Å². The molecule has 0 saturated heterocycles. The van der Waals surface area contributed by atoms with Crippen LogP contribution in [-0.4, -0.2) is 18.5 Å². The molecular formula is C15H15NO. The van der Waals surface area contributed by atoms with Crippen molar-refractivity contribution >= 4 is 12.0 Å². The molecule has 0 amide bonds. The van der Waals surface area contributed by atoms with Gasteiger partial charge in [0.15, 0.2) is 0 Å². The maximum Gasteiger partial charge on any atom is 0.141 e. The van der Waals surface area contributed by atoms with E-state index in [9.17, 15) is 4.79 Å². The van der Waals surface area contributed by atoms with Crippen molar-refractivity contribution in [1.29, 1.82) is 0 Å². The van der Waals surface area contributed by atoms with Gasteiger partial charge in [-0.1, -0.05) is 61.7 Å². The number of nitrogens with zero attached hydrogens (tertiary/aromatic N) is 1. The summed E-state index contributed by atoms with van der Waals surface area (Å²) in [6.07, 6.45) is 5.98. The zero-order valence-corrected chi connectivity index (χ0v) is 9.67. The molecule has 86 valence electrons. The van der Waals surface area contributed by atoms with Gasteiger partial charge in [0, 0.05) is 5.56 Å². The number of aliphatic imine (C=N–C) groups is 1. The van der Waals surface area contributed by atoms with E-state index in [2.05, 4.69) is 18.2 Å². The second kappa shape index (κ2) is 7.12. The van der Waals surface area contributed by atoms with Crippen molar-refractivity contribution in [2.24, 2.45) is 4.99 Å². The summed E-state index contributed by atoms with van der Waals surface area (Å²) in [6, 6.07) is 9.69. The van der Waals surface area contributed by atoms with Gasteiger partial charge in [-0.3, -0.25) is 4.99 Å². The summed E-state index contributed by atoms with van der Waals surface area (Å²) < 4.78 is 0. The van der Waals surface area contributed by atoms with E-state index in [4.69, 9.17) is 0 Å². The Labute approximate surface area is 102 Å². The summed E-state index contributed by atoms with van der Waals surface area (Å²) >= 11 is 0. The van der Waals surface area contributed by atoms with E-state index >= 15 is 0 Å². The summed E-state index contributed by atoms with van der Waals surface area (Å²) in [4.78, 5) is 14.7. The SMILES string of the molecule is C=C/C=C(\C=C)C(=NCC=O)c1ccccc1. The van der Waals surface area contributed by atoms with Crippen molar-refractivity contribution < 1.29 is 4.79 Å². The van der Waals surface area contributed by atoms with Gasteiger partial charge in [0.2, 0.25) is 0 Å². The number of hydrogen-bond donors (Lipinski definition) is 0. The van der Waals surface area contributed by atoms with Gasteiger partial charge in [-0.25, -0.2) is 0 Å². The third-order valence-electron chi connectivity index (χ3n) is 2.16. The number of rotatable bonds is 6. The quantitative estimate of drug-likeness (QED) is 0.416. The van der Waals surface area contributed by atoms with Crippen LogP contribution in [0.15, 0.2) is 72.3 Å². The zero-order valence-electron chi connectivity index (χ0n) is 9.67. The molecule has 0 saturated carbocycles. The Balaban J connectivity index is 3.21. The third-order valence-corrected chi connectivity index (χ3v) is 2.16. The number of benzene rings is 1. The second-order valence-corrected chi connectivity index (χ2v) is 3.28. The summed E-state index contributed by atoms with van der Waals surface area (Å²) in [5, 5.41) is 0. The summed E-state index contributed by atoms with van der Waals surface area (Å²) in [5.74, 6) is 0. The van der Waals surface area contributed by atoms with Crippen molar-refractivity contribution in [2.45, 2.75) is 0 Å². The molecule has 0 bridgehead atoms. The van der Waals surface area contributed by atoms with Gasteiger partial charge in [-0.2, -0.15) is 0 Å². The molecule has 1 rings (SSSR count). The molecule has 0 heterocycles. The van der Waals surface area contributed by atoms with E-state index in [0.717, 1.165) is 23.1 Å². The maximum absolute atomic E-state index is 10.4. The smallest absolute Gasteiger partial charge is 0.141 e. The summed E-state index contributed by atoms with van der Waals surface area (Å²) in [6.45, 7) is 7.55. The Morgan fingerprint density at radius 1 is 1.24 bits per heavy atom. The van der Waals surface area contributed by atoms with Crippen LogP contribution in [0.1, 0.15) is 5.56 Å². The van der Waals surface area contributed by atoms with Crippen LogP contribution in [0.4, 0.5) is 0 Å². The number of allylic oxidation sites excluding steroid dienone is 4. The number of aldehydes is 1. The summed E-state index contributed by atoms with van der Waals surface area (Å²) in [7, 11) is 0. The molecule has 1 aromatic carbocycles. The molecule has 0 fully saturated rings. The molecule has 0 aromatic heterocycles. The van der Waals surface area contributed by atoms with Gasteiger partial charge in [0.1, 0.15) is 6.29 Å². The minimum atomic E-state index is 0.145. The van der Waals surface area contributed by atoms with Crippen molar-refractivity contribution in [2.75, 3.05) is 6.54 Å². The van der Waals surface area contributed by atoms with Crippen LogP contribution in [0, 0.1) is 0 Å². The fraction of sp³-hybridized carbons (Fsp3) is 0.0667. The monoisotopic (exact) mass is 225 g/mol. The van der Waals surface area contributed by atoms with E-state index < -0.39 is 0 Å². The summed E-state index contributed by atoms with van der Waals surface area (Å²) in [5.41, 5.74) is 2.57. The highest BCUT2D eigenvalue weighted by atomic mass is 16.1. The normalized spacial score (nSPS) is 12.0. The molecular weight excluding hydrogens is 210 g/mol. The standard InChI is InChI=1S/C15H15NO/c1-3-8-13(4-2)15(16-11-12-17)14-9-6-5-7-10-14/h3-10,12H,1-2,11H2/b13-8+,16-15?. The van der Waals surface area contributed by atoms with Gasteiger partial charge in [0.25, 0.3) is 0 Å². The lowest BCUT2D eigenvalue weighted by molar-refractivity contribution is -0.106. The van der Waals surface area contributed by atoms with Gasteiger partial charge in [0.05, 0.1) is 12.3 Å². The Hall–Kier alpha value is -2.22. The Kier molecular flexibility index (Phi) is 5.38. The largest absolute Gasteiger partial charge is 0.301 e. The zero-order chi connectivity index (χ0) is 12.5. The van der Waals surface area contributed by atoms with Crippen LogP contribution in [0.25, 0.3) is 0 Å². The molecule has 0 spiro atoms. The lowest BCUT2D eigenvalue weighted by atomic mass is 10.0. The van der Waals surface area contributed by atoms with Crippen LogP contribution in [0.5, 0.6) is 0 Å². The van der Waals surface area contributed by atoms with Crippen molar-refractivity contribution in [3.8, 4) is 0 Å². The first-order valence-electron chi connectivity index (χ1n) is 5.32. The topological polar surface area (TPSA) is 29.4 Å². The van der Waals surface area contributed by atoms with Crippen LogP contribution < -0.4 is 0 Å². The lowest BCUT2D eigenvalue weighted by Crippen LogP contribution is -2.05. The first-order chi connectivity index (χ1) is 8.33. The minimum absolute atomic E-state index is 0.145. The highest BCUT2D eigenvalue weighted by Gasteiger charge is 2.05. The third kappa shape index (κ3) is 3.68. The van der Waals surface area contributed by atoms with Crippen molar-refractivity contribution in [3.05, 3.63) is 72.9 Å². The van der Waals surface area contributed by atoms with Gasteiger partial charge < -0.3 is 4.79 Å². The van der Waals surface area contributed by atoms with E-state index in [-0.39, 0.29) is 6.54 Å². The van der Waals surface area contributed by atoms with E-state index in [1.807, 2.05) is 36.4 Å². The number of carbonyl (C=O) groups is 1. The fourth-order valence-corrected chi connectivity index (χ4v) is 1.44. The van der Waals surface area contributed by atoms with E-state index in [1.54, 1.807) is 12.2 Å². The number of hydrogen-bond acceptors (Lipinski definition) is 2. The van der Waals surface area contributed by atoms with Gasteiger partial charge in [-0.15, -0.1) is 0 Å². The second-order valence-electron chi connectivity index (χ2n) is 3.28. The van der Waals surface area contributed by atoms with E-state index in [1.165, 1.54) is 0 Å². The molecule has 17 heavy (non-hydrogen) atoms. The van der Waals surface area contributed by atoms with E-state index in [0.29, 0.717) is 0 Å². The molecule has 0 atom stereocenters. The lowest BCUT2D eigenvalue weighted by Gasteiger charge is -2.06. The molecule has 0 unspecified atom stereocenters. The average molecular weight is 225 g/mol. The highest BCUT2D eigenvalue weighted by molar-refractivity contribution is 6.14. The fourth-order valence-electron chi connectivity index (χ4n) is 1.44. The van der Waals surface area contributed by atoms with Crippen LogP contribution in [0.3, 0.4) is 0 Å². The van der Waals surface area contributed by atoms with Gasteiger partial charge in [-0.05, 0) is 5.57 Å². The predicted molar refractivity (Wildman–Crippen MR) is 72.4 cm³/mol. The van der Waals surface area contributed by atoms with Gasteiger partial charge >= 0.3 is 0 Å². The molecule has 2 nitrogen and oxygen atoms in total. The molecule has 0 radical (unpaired) electrons. The first kappa shape index (κ1) is 12.8. The Bertz CT molecular complexity index is 455. The van der Waals surface area contributed by atoms with Crippen LogP contribution in [0.2, 0.25) is 0 Å². The molecule has 0 N–H and O–H groups in total. The number of carbonyl (C=O) groups excluding carboxylic acids is 1.